The second kappa shape index (κ2) is 5.02. The average Bonchev–Trinajstić information content (AvgIpc) is 3.15. The SMILES string of the molecule is Cc1ccc(F)c(C(=O)N(CCN)C2CC2)c1F. The Labute approximate surface area is 105 Å². The molecule has 0 saturated heterocycles. The van der Waals surface area contributed by atoms with Gasteiger partial charge in [0.05, 0.1) is 0 Å². The molecule has 0 aliphatic heterocycles. The molecule has 3 nitrogen and oxygen atoms in total. The molecule has 1 saturated carbocycles. The second-order valence-electron chi connectivity index (χ2n) is 4.57. The highest BCUT2D eigenvalue weighted by molar-refractivity contribution is 5.95. The highest BCUT2D eigenvalue weighted by atomic mass is 19.1. The Kier molecular flexibility index (Phi) is 3.61. The Hall–Kier alpha value is -1.49. The Morgan fingerprint density at radius 1 is 1.44 bits per heavy atom. The minimum atomic E-state index is -0.814. The van der Waals surface area contributed by atoms with Crippen LogP contribution < -0.4 is 5.73 Å². The predicted octanol–water partition coefficient (Wildman–Crippen LogP) is 1.84. The van der Waals surface area contributed by atoms with Crippen LogP contribution in [0, 0.1) is 18.6 Å². The average molecular weight is 254 g/mol. The van der Waals surface area contributed by atoms with Crippen molar-refractivity contribution in [1.29, 1.82) is 0 Å². The molecular formula is C13H16F2N2O. The Balaban J connectivity index is 2.34. The molecule has 1 fully saturated rings. The molecule has 1 aromatic rings. The van der Waals surface area contributed by atoms with Gasteiger partial charge in [-0.2, -0.15) is 0 Å². The topological polar surface area (TPSA) is 46.3 Å². The second-order valence-corrected chi connectivity index (χ2v) is 4.57. The van der Waals surface area contributed by atoms with E-state index >= 15 is 0 Å². The van der Waals surface area contributed by atoms with E-state index < -0.39 is 23.1 Å². The number of benzene rings is 1. The molecule has 0 atom stereocenters. The minimum absolute atomic E-state index is 0.0837. The van der Waals surface area contributed by atoms with E-state index in [4.69, 9.17) is 5.73 Å². The minimum Gasteiger partial charge on any atom is -0.334 e. The van der Waals surface area contributed by atoms with Crippen molar-refractivity contribution in [2.45, 2.75) is 25.8 Å². The van der Waals surface area contributed by atoms with Crippen LogP contribution in [0.1, 0.15) is 28.8 Å². The fourth-order valence-corrected chi connectivity index (χ4v) is 1.97. The molecule has 2 N–H and O–H groups in total. The molecule has 1 amide bonds. The number of hydrogen-bond acceptors (Lipinski definition) is 2. The van der Waals surface area contributed by atoms with Gasteiger partial charge in [-0.15, -0.1) is 0 Å². The van der Waals surface area contributed by atoms with Gasteiger partial charge in [0.1, 0.15) is 17.2 Å². The summed E-state index contributed by atoms with van der Waals surface area (Å²) in [6.45, 7) is 2.13. The van der Waals surface area contributed by atoms with Gasteiger partial charge in [0.2, 0.25) is 0 Å². The van der Waals surface area contributed by atoms with E-state index in [9.17, 15) is 13.6 Å². The number of hydrogen-bond donors (Lipinski definition) is 1. The molecule has 1 aromatic carbocycles. The monoisotopic (exact) mass is 254 g/mol. The highest BCUT2D eigenvalue weighted by Gasteiger charge is 2.34. The summed E-state index contributed by atoms with van der Waals surface area (Å²) in [6.07, 6.45) is 1.75. The first-order valence-corrected chi connectivity index (χ1v) is 6.02. The van der Waals surface area contributed by atoms with Crippen LogP contribution in [-0.2, 0) is 0 Å². The van der Waals surface area contributed by atoms with Crippen LogP contribution in [0.5, 0.6) is 0 Å². The first kappa shape index (κ1) is 13.0. The smallest absolute Gasteiger partial charge is 0.260 e. The first-order valence-electron chi connectivity index (χ1n) is 6.02. The van der Waals surface area contributed by atoms with Crippen molar-refractivity contribution in [3.63, 3.8) is 0 Å². The van der Waals surface area contributed by atoms with Crippen LogP contribution in [0.3, 0.4) is 0 Å². The van der Waals surface area contributed by atoms with Crippen LogP contribution in [0.25, 0.3) is 0 Å². The van der Waals surface area contributed by atoms with Crippen LogP contribution in [0.15, 0.2) is 12.1 Å². The molecule has 0 heterocycles. The lowest BCUT2D eigenvalue weighted by Gasteiger charge is -2.22. The van der Waals surface area contributed by atoms with E-state index in [1.165, 1.54) is 17.9 Å². The lowest BCUT2D eigenvalue weighted by Crippen LogP contribution is -2.38. The molecular weight excluding hydrogens is 238 g/mol. The van der Waals surface area contributed by atoms with Gasteiger partial charge in [0, 0.05) is 19.1 Å². The van der Waals surface area contributed by atoms with Crippen molar-refractivity contribution in [1.82, 2.24) is 4.90 Å². The zero-order valence-corrected chi connectivity index (χ0v) is 10.2. The van der Waals surface area contributed by atoms with Gasteiger partial charge in [-0.05, 0) is 31.4 Å². The normalized spacial score (nSPS) is 14.7. The van der Waals surface area contributed by atoms with Crippen LogP contribution in [0.2, 0.25) is 0 Å². The molecule has 1 aliphatic carbocycles. The van der Waals surface area contributed by atoms with Gasteiger partial charge in [-0.1, -0.05) is 6.07 Å². The molecule has 98 valence electrons. The van der Waals surface area contributed by atoms with Gasteiger partial charge in [-0.25, -0.2) is 8.78 Å². The fourth-order valence-electron chi connectivity index (χ4n) is 1.97. The summed E-state index contributed by atoms with van der Waals surface area (Å²) < 4.78 is 27.5. The molecule has 0 spiro atoms. The summed E-state index contributed by atoms with van der Waals surface area (Å²) in [5.41, 5.74) is 5.24. The summed E-state index contributed by atoms with van der Waals surface area (Å²) >= 11 is 0. The van der Waals surface area contributed by atoms with Crippen molar-refractivity contribution in [2.24, 2.45) is 5.73 Å². The third-order valence-electron chi connectivity index (χ3n) is 3.12. The number of nitrogens with two attached hydrogens (primary N) is 1. The van der Waals surface area contributed by atoms with Crippen molar-refractivity contribution in [3.8, 4) is 0 Å². The summed E-state index contributed by atoms with van der Waals surface area (Å²) in [7, 11) is 0. The van der Waals surface area contributed by atoms with E-state index in [0.717, 1.165) is 18.9 Å². The summed E-state index contributed by atoms with van der Waals surface area (Å²) in [6, 6.07) is 2.53. The number of carbonyl (C=O) groups is 1. The number of aryl methyl sites for hydroxylation is 1. The van der Waals surface area contributed by atoms with Crippen LogP contribution >= 0.6 is 0 Å². The lowest BCUT2D eigenvalue weighted by molar-refractivity contribution is 0.0738. The fraction of sp³-hybridized carbons (Fsp3) is 0.462. The first-order chi connectivity index (χ1) is 8.56. The molecule has 0 aromatic heterocycles. The van der Waals surface area contributed by atoms with Crippen molar-refractivity contribution < 1.29 is 13.6 Å². The maximum atomic E-state index is 13.9. The van der Waals surface area contributed by atoms with Gasteiger partial charge < -0.3 is 10.6 Å². The predicted molar refractivity (Wildman–Crippen MR) is 64.2 cm³/mol. The third kappa shape index (κ3) is 2.36. The summed E-state index contributed by atoms with van der Waals surface area (Å²) in [4.78, 5) is 13.7. The van der Waals surface area contributed by atoms with E-state index in [0.29, 0.717) is 6.54 Å². The molecule has 18 heavy (non-hydrogen) atoms. The Morgan fingerprint density at radius 3 is 2.67 bits per heavy atom. The van der Waals surface area contributed by atoms with E-state index in [1.807, 2.05) is 0 Å². The van der Waals surface area contributed by atoms with Gasteiger partial charge >= 0.3 is 0 Å². The molecule has 0 unspecified atom stereocenters. The number of amides is 1. The quantitative estimate of drug-likeness (QED) is 0.891. The van der Waals surface area contributed by atoms with Gasteiger partial charge in [0.15, 0.2) is 0 Å². The molecule has 2 rings (SSSR count). The van der Waals surface area contributed by atoms with Crippen molar-refractivity contribution >= 4 is 5.91 Å². The summed E-state index contributed by atoms with van der Waals surface area (Å²) in [5, 5.41) is 0. The Morgan fingerprint density at radius 2 is 2.11 bits per heavy atom. The molecule has 1 aliphatic rings. The van der Waals surface area contributed by atoms with E-state index in [-0.39, 0.29) is 18.2 Å². The highest BCUT2D eigenvalue weighted by Crippen LogP contribution is 2.29. The van der Waals surface area contributed by atoms with E-state index in [1.54, 1.807) is 0 Å². The third-order valence-corrected chi connectivity index (χ3v) is 3.12. The standard InChI is InChI=1S/C13H16F2N2O/c1-8-2-5-10(14)11(12(8)15)13(18)17(7-6-16)9-3-4-9/h2,5,9H,3-4,6-7,16H2,1H3. The number of halogens is 2. The Bertz CT molecular complexity index is 472. The van der Waals surface area contributed by atoms with Crippen molar-refractivity contribution in [2.75, 3.05) is 13.1 Å². The number of rotatable bonds is 4. The number of carbonyl (C=O) groups excluding carboxylic acids is 1. The van der Waals surface area contributed by atoms with Crippen molar-refractivity contribution in [3.05, 3.63) is 34.9 Å². The largest absolute Gasteiger partial charge is 0.334 e. The van der Waals surface area contributed by atoms with E-state index in [2.05, 4.69) is 0 Å². The maximum Gasteiger partial charge on any atom is 0.260 e. The van der Waals surface area contributed by atoms with Crippen LogP contribution in [0.4, 0.5) is 8.78 Å². The van der Waals surface area contributed by atoms with Crippen LogP contribution in [-0.4, -0.2) is 29.9 Å². The lowest BCUT2D eigenvalue weighted by atomic mass is 10.1. The summed E-state index contributed by atoms with van der Waals surface area (Å²) in [5.74, 6) is -2.19. The van der Waals surface area contributed by atoms with Gasteiger partial charge in [-0.3, -0.25) is 4.79 Å². The molecule has 0 bridgehead atoms. The number of nitrogens with zero attached hydrogens (tertiary/aromatic N) is 1. The zero-order chi connectivity index (χ0) is 13.3. The molecule has 5 heteroatoms. The molecule has 0 radical (unpaired) electrons. The zero-order valence-electron chi connectivity index (χ0n) is 10.2. The maximum absolute atomic E-state index is 13.9. The van der Waals surface area contributed by atoms with Gasteiger partial charge in [0.25, 0.3) is 5.91 Å².